The van der Waals surface area contributed by atoms with Crippen LogP contribution in [0.3, 0.4) is 0 Å². The molecule has 0 aliphatic carbocycles. The Labute approximate surface area is 122 Å². The zero-order chi connectivity index (χ0) is 14.2. The van der Waals surface area contributed by atoms with Gasteiger partial charge in [-0.25, -0.2) is 4.79 Å². The van der Waals surface area contributed by atoms with Gasteiger partial charge in [-0.15, -0.1) is 0 Å². The standard InChI is InChI=1S/C15H15ClN2O2/c16-12-6-8-14(9-7-12)20-11-10-17-15(19)18-13-4-2-1-3-5-13/h1-9H,10-11H2,(H2,17,18,19). The second-order valence-corrected chi connectivity index (χ2v) is 4.49. The van der Waals surface area contributed by atoms with E-state index in [1.54, 1.807) is 24.3 Å². The molecule has 0 saturated carbocycles. The third kappa shape index (κ3) is 4.82. The van der Waals surface area contributed by atoms with Crippen LogP contribution in [0.4, 0.5) is 10.5 Å². The van der Waals surface area contributed by atoms with Gasteiger partial charge in [0.15, 0.2) is 0 Å². The SMILES string of the molecule is O=C(NCCOc1ccc(Cl)cc1)Nc1ccccc1. The van der Waals surface area contributed by atoms with Crippen LogP contribution < -0.4 is 15.4 Å². The van der Waals surface area contributed by atoms with Gasteiger partial charge in [0.25, 0.3) is 0 Å². The van der Waals surface area contributed by atoms with Gasteiger partial charge in [0, 0.05) is 10.7 Å². The Morgan fingerprint density at radius 3 is 2.45 bits per heavy atom. The van der Waals surface area contributed by atoms with Gasteiger partial charge < -0.3 is 15.4 Å². The first-order chi connectivity index (χ1) is 9.74. The Morgan fingerprint density at radius 2 is 1.75 bits per heavy atom. The van der Waals surface area contributed by atoms with Gasteiger partial charge in [-0.05, 0) is 36.4 Å². The Bertz CT molecular complexity index is 544. The van der Waals surface area contributed by atoms with E-state index in [2.05, 4.69) is 10.6 Å². The predicted octanol–water partition coefficient (Wildman–Crippen LogP) is 3.54. The van der Waals surface area contributed by atoms with Gasteiger partial charge in [-0.2, -0.15) is 0 Å². The lowest BCUT2D eigenvalue weighted by molar-refractivity contribution is 0.247. The van der Waals surface area contributed by atoms with Crippen LogP contribution in [-0.2, 0) is 0 Å². The molecule has 0 fully saturated rings. The molecule has 0 unspecified atom stereocenters. The molecule has 2 N–H and O–H groups in total. The van der Waals surface area contributed by atoms with Crippen molar-refractivity contribution >= 4 is 23.3 Å². The molecule has 20 heavy (non-hydrogen) atoms. The lowest BCUT2D eigenvalue weighted by Gasteiger charge is -2.09. The van der Waals surface area contributed by atoms with Gasteiger partial charge in [0.05, 0.1) is 6.54 Å². The smallest absolute Gasteiger partial charge is 0.319 e. The average molecular weight is 291 g/mol. The van der Waals surface area contributed by atoms with Crippen LogP contribution in [0.25, 0.3) is 0 Å². The van der Waals surface area contributed by atoms with Crippen molar-refractivity contribution in [3.05, 3.63) is 59.6 Å². The molecule has 2 rings (SSSR count). The minimum Gasteiger partial charge on any atom is -0.492 e. The molecule has 0 atom stereocenters. The lowest BCUT2D eigenvalue weighted by Crippen LogP contribution is -2.32. The van der Waals surface area contributed by atoms with Crippen molar-refractivity contribution < 1.29 is 9.53 Å². The summed E-state index contributed by atoms with van der Waals surface area (Å²) < 4.78 is 5.46. The number of para-hydroxylation sites is 1. The number of rotatable bonds is 5. The molecule has 0 saturated heterocycles. The van der Waals surface area contributed by atoms with Gasteiger partial charge >= 0.3 is 6.03 Å². The Balaban J connectivity index is 1.66. The summed E-state index contributed by atoms with van der Waals surface area (Å²) in [6, 6.07) is 16.1. The largest absolute Gasteiger partial charge is 0.492 e. The monoisotopic (exact) mass is 290 g/mol. The summed E-state index contributed by atoms with van der Waals surface area (Å²) >= 11 is 5.77. The first-order valence-corrected chi connectivity index (χ1v) is 6.60. The Kier molecular flexibility index (Phi) is 5.26. The number of nitrogens with one attached hydrogen (secondary N) is 2. The molecule has 0 radical (unpaired) electrons. The number of urea groups is 1. The average Bonchev–Trinajstić information content (AvgIpc) is 2.46. The second kappa shape index (κ2) is 7.40. The number of carbonyl (C=O) groups excluding carboxylic acids is 1. The summed E-state index contributed by atoms with van der Waals surface area (Å²) in [5.74, 6) is 0.722. The van der Waals surface area contributed by atoms with Crippen LogP contribution >= 0.6 is 11.6 Å². The van der Waals surface area contributed by atoms with Crippen LogP contribution in [0, 0.1) is 0 Å². The first-order valence-electron chi connectivity index (χ1n) is 6.22. The van der Waals surface area contributed by atoms with Crippen molar-refractivity contribution in [2.24, 2.45) is 0 Å². The number of amides is 2. The highest BCUT2D eigenvalue weighted by Crippen LogP contribution is 2.15. The molecule has 0 bridgehead atoms. The van der Waals surface area contributed by atoms with E-state index < -0.39 is 0 Å². The fourth-order valence-electron chi connectivity index (χ4n) is 1.56. The van der Waals surface area contributed by atoms with E-state index in [1.165, 1.54) is 0 Å². The number of ether oxygens (including phenoxy) is 1. The number of anilines is 1. The lowest BCUT2D eigenvalue weighted by atomic mass is 10.3. The van der Waals surface area contributed by atoms with E-state index in [9.17, 15) is 4.79 Å². The van der Waals surface area contributed by atoms with E-state index in [-0.39, 0.29) is 6.03 Å². The molecule has 0 spiro atoms. The maximum Gasteiger partial charge on any atom is 0.319 e. The molecule has 0 aliphatic heterocycles. The van der Waals surface area contributed by atoms with Crippen molar-refractivity contribution in [2.75, 3.05) is 18.5 Å². The molecule has 2 aromatic rings. The predicted molar refractivity (Wildman–Crippen MR) is 80.4 cm³/mol. The normalized spacial score (nSPS) is 9.85. The van der Waals surface area contributed by atoms with Gasteiger partial charge in [0.1, 0.15) is 12.4 Å². The van der Waals surface area contributed by atoms with Crippen molar-refractivity contribution in [3.8, 4) is 5.75 Å². The van der Waals surface area contributed by atoms with Crippen LogP contribution in [0.5, 0.6) is 5.75 Å². The van der Waals surface area contributed by atoms with E-state index in [0.29, 0.717) is 18.2 Å². The van der Waals surface area contributed by atoms with Crippen LogP contribution in [-0.4, -0.2) is 19.2 Å². The minimum atomic E-state index is -0.254. The van der Waals surface area contributed by atoms with Gasteiger partial charge in [0.2, 0.25) is 0 Å². The molecule has 104 valence electrons. The van der Waals surface area contributed by atoms with Crippen molar-refractivity contribution in [1.82, 2.24) is 5.32 Å². The molecule has 0 heterocycles. The maximum absolute atomic E-state index is 11.6. The fourth-order valence-corrected chi connectivity index (χ4v) is 1.69. The maximum atomic E-state index is 11.6. The third-order valence-electron chi connectivity index (χ3n) is 2.50. The highest BCUT2D eigenvalue weighted by Gasteiger charge is 2.00. The Morgan fingerprint density at radius 1 is 1.05 bits per heavy atom. The van der Waals surface area contributed by atoms with E-state index >= 15 is 0 Å². The minimum absolute atomic E-state index is 0.254. The van der Waals surface area contributed by atoms with Crippen molar-refractivity contribution in [2.45, 2.75) is 0 Å². The summed E-state index contributed by atoms with van der Waals surface area (Å²) in [4.78, 5) is 11.6. The van der Waals surface area contributed by atoms with Crippen LogP contribution in [0.1, 0.15) is 0 Å². The fraction of sp³-hybridized carbons (Fsp3) is 0.133. The van der Waals surface area contributed by atoms with Crippen molar-refractivity contribution in [3.63, 3.8) is 0 Å². The zero-order valence-electron chi connectivity index (χ0n) is 10.8. The van der Waals surface area contributed by atoms with Crippen LogP contribution in [0.2, 0.25) is 5.02 Å². The summed E-state index contributed by atoms with van der Waals surface area (Å²) in [7, 11) is 0. The summed E-state index contributed by atoms with van der Waals surface area (Å²) in [6.07, 6.45) is 0. The molecule has 2 aromatic carbocycles. The van der Waals surface area contributed by atoms with E-state index in [1.807, 2.05) is 30.3 Å². The van der Waals surface area contributed by atoms with Gasteiger partial charge in [-0.1, -0.05) is 29.8 Å². The zero-order valence-corrected chi connectivity index (χ0v) is 11.6. The molecular formula is C15H15ClN2O2. The van der Waals surface area contributed by atoms with Gasteiger partial charge in [-0.3, -0.25) is 0 Å². The highest BCUT2D eigenvalue weighted by molar-refractivity contribution is 6.30. The molecule has 5 heteroatoms. The van der Waals surface area contributed by atoms with Crippen molar-refractivity contribution in [1.29, 1.82) is 0 Å². The molecule has 4 nitrogen and oxygen atoms in total. The number of halogens is 1. The molecular weight excluding hydrogens is 276 g/mol. The number of benzene rings is 2. The summed E-state index contributed by atoms with van der Waals surface area (Å²) in [5.41, 5.74) is 0.753. The second-order valence-electron chi connectivity index (χ2n) is 4.05. The van der Waals surface area contributed by atoms with E-state index in [4.69, 9.17) is 16.3 Å². The molecule has 0 aromatic heterocycles. The number of hydrogen-bond acceptors (Lipinski definition) is 2. The number of carbonyl (C=O) groups is 1. The topological polar surface area (TPSA) is 50.4 Å². The summed E-state index contributed by atoms with van der Waals surface area (Å²) in [5, 5.41) is 6.10. The Hall–Kier alpha value is -2.20. The number of hydrogen-bond donors (Lipinski definition) is 2. The van der Waals surface area contributed by atoms with Crippen LogP contribution in [0.15, 0.2) is 54.6 Å². The highest BCUT2D eigenvalue weighted by atomic mass is 35.5. The third-order valence-corrected chi connectivity index (χ3v) is 2.75. The molecule has 2 amide bonds. The summed E-state index contributed by atoms with van der Waals surface area (Å²) in [6.45, 7) is 0.811. The molecule has 0 aliphatic rings. The quantitative estimate of drug-likeness (QED) is 0.828. The first kappa shape index (κ1) is 14.2. The van der Waals surface area contributed by atoms with E-state index in [0.717, 1.165) is 11.4 Å².